The Hall–Kier alpha value is -1.29. The zero-order valence-corrected chi connectivity index (χ0v) is 12.9. The molecule has 4 nitrogen and oxygen atoms in total. The summed E-state index contributed by atoms with van der Waals surface area (Å²) in [6, 6.07) is 4.28. The van der Waals surface area contributed by atoms with Crippen molar-refractivity contribution < 1.29 is 9.53 Å². The van der Waals surface area contributed by atoms with Gasteiger partial charge in [0.05, 0.1) is 12.1 Å². The van der Waals surface area contributed by atoms with Crippen LogP contribution < -0.4 is 0 Å². The third kappa shape index (κ3) is 3.49. The van der Waals surface area contributed by atoms with Gasteiger partial charge in [-0.2, -0.15) is 0 Å². The number of likely N-dealkylation sites (tertiary alicyclic amines) is 1. The van der Waals surface area contributed by atoms with Crippen molar-refractivity contribution in [1.82, 2.24) is 9.88 Å². The van der Waals surface area contributed by atoms with Crippen LogP contribution in [0.25, 0.3) is 0 Å². The molecular weight excluding hydrogens is 264 g/mol. The highest BCUT2D eigenvalue weighted by atomic mass is 16.5. The van der Waals surface area contributed by atoms with E-state index in [4.69, 9.17) is 4.74 Å². The molecule has 1 saturated heterocycles. The molecule has 1 amide bonds. The molecule has 1 aliphatic carbocycles. The zero-order chi connectivity index (χ0) is 14.7. The summed E-state index contributed by atoms with van der Waals surface area (Å²) in [6.45, 7) is 3.38. The molecular formula is C17H26N2O2. The summed E-state index contributed by atoms with van der Waals surface area (Å²) in [5, 5.41) is 0. The lowest BCUT2D eigenvalue weighted by Crippen LogP contribution is -2.35. The second-order valence-corrected chi connectivity index (χ2v) is 6.58. The average molecular weight is 290 g/mol. The van der Waals surface area contributed by atoms with Crippen molar-refractivity contribution >= 4 is 5.91 Å². The number of aromatic nitrogens is 1. The summed E-state index contributed by atoms with van der Waals surface area (Å²) in [6.07, 6.45) is 9.08. The minimum absolute atomic E-state index is 0.144. The number of H-pyrrole nitrogens is 1. The number of aromatic amines is 1. The number of carbonyl (C=O) groups excluding carboxylic acids is 1. The Morgan fingerprint density at radius 3 is 3.05 bits per heavy atom. The lowest BCUT2D eigenvalue weighted by Gasteiger charge is -2.28. The first-order chi connectivity index (χ1) is 10.2. The largest absolute Gasteiger partial charge is 0.368 e. The molecule has 0 spiro atoms. The van der Waals surface area contributed by atoms with Crippen molar-refractivity contribution in [3.05, 3.63) is 24.0 Å². The average Bonchev–Trinajstić information content (AvgIpc) is 3.14. The quantitative estimate of drug-likeness (QED) is 0.925. The van der Waals surface area contributed by atoms with Crippen molar-refractivity contribution in [2.75, 3.05) is 13.2 Å². The van der Waals surface area contributed by atoms with Gasteiger partial charge in [-0.1, -0.05) is 19.8 Å². The Labute approximate surface area is 126 Å². The molecule has 3 rings (SSSR count). The van der Waals surface area contributed by atoms with Crippen LogP contribution in [-0.4, -0.2) is 35.0 Å². The molecule has 116 valence electrons. The Bertz CT molecular complexity index is 457. The van der Waals surface area contributed by atoms with Gasteiger partial charge in [0, 0.05) is 18.4 Å². The van der Waals surface area contributed by atoms with E-state index in [2.05, 4.69) is 18.0 Å². The molecule has 1 aromatic heterocycles. The highest BCUT2D eigenvalue weighted by Gasteiger charge is 2.31. The fourth-order valence-electron chi connectivity index (χ4n) is 3.74. The standard InChI is InChI=1S/C17H26N2O2/c1-13-5-2-6-14(11-13)21-12-17(20)19-10-4-8-16(19)15-7-3-9-18-15/h3,7,9,13-14,16,18H,2,4-6,8,10-12H2,1H3/t13-,14-,16-/m1/s1. The Morgan fingerprint density at radius 2 is 2.29 bits per heavy atom. The number of hydrogen-bond donors (Lipinski definition) is 1. The van der Waals surface area contributed by atoms with Gasteiger partial charge in [0.15, 0.2) is 0 Å². The Kier molecular flexibility index (Phi) is 4.63. The molecule has 0 unspecified atom stereocenters. The van der Waals surface area contributed by atoms with E-state index in [1.807, 2.05) is 17.2 Å². The van der Waals surface area contributed by atoms with Gasteiger partial charge in [-0.25, -0.2) is 0 Å². The van der Waals surface area contributed by atoms with Crippen LogP contribution in [0.3, 0.4) is 0 Å². The van der Waals surface area contributed by atoms with Crippen molar-refractivity contribution in [2.24, 2.45) is 5.92 Å². The summed E-state index contributed by atoms with van der Waals surface area (Å²) >= 11 is 0. The van der Waals surface area contributed by atoms with Crippen LogP contribution in [0.2, 0.25) is 0 Å². The molecule has 1 saturated carbocycles. The first kappa shape index (κ1) is 14.6. The molecule has 2 aliphatic rings. The number of hydrogen-bond acceptors (Lipinski definition) is 2. The lowest BCUT2D eigenvalue weighted by atomic mass is 9.89. The van der Waals surface area contributed by atoms with Crippen LogP contribution >= 0.6 is 0 Å². The highest BCUT2D eigenvalue weighted by Crippen LogP contribution is 2.31. The smallest absolute Gasteiger partial charge is 0.249 e. The maximum absolute atomic E-state index is 12.5. The predicted molar refractivity (Wildman–Crippen MR) is 81.9 cm³/mol. The SMILES string of the molecule is C[C@@H]1CCC[C@@H](OCC(=O)N2CCC[C@@H]2c2ccc[nH]2)C1. The monoisotopic (exact) mass is 290 g/mol. The van der Waals surface area contributed by atoms with E-state index in [1.54, 1.807) is 0 Å². The van der Waals surface area contributed by atoms with Crippen LogP contribution in [0, 0.1) is 5.92 Å². The van der Waals surface area contributed by atoms with Gasteiger partial charge in [-0.15, -0.1) is 0 Å². The Morgan fingerprint density at radius 1 is 1.38 bits per heavy atom. The van der Waals surface area contributed by atoms with Gasteiger partial charge in [0.25, 0.3) is 0 Å². The maximum atomic E-state index is 12.5. The summed E-state index contributed by atoms with van der Waals surface area (Å²) in [4.78, 5) is 17.7. The van der Waals surface area contributed by atoms with Gasteiger partial charge < -0.3 is 14.6 Å². The number of amides is 1. The summed E-state index contributed by atoms with van der Waals surface area (Å²) in [5.74, 6) is 0.877. The minimum Gasteiger partial charge on any atom is -0.368 e. The lowest BCUT2D eigenvalue weighted by molar-refractivity contribution is -0.140. The van der Waals surface area contributed by atoms with E-state index in [-0.39, 0.29) is 24.7 Å². The normalized spacial score (nSPS) is 29.8. The molecule has 3 atom stereocenters. The zero-order valence-electron chi connectivity index (χ0n) is 12.9. The molecule has 1 aliphatic heterocycles. The second-order valence-electron chi connectivity index (χ2n) is 6.58. The van der Waals surface area contributed by atoms with Crippen LogP contribution in [0.1, 0.15) is 57.2 Å². The Balaban J connectivity index is 1.52. The van der Waals surface area contributed by atoms with Gasteiger partial charge >= 0.3 is 0 Å². The predicted octanol–water partition coefficient (Wildman–Crippen LogP) is 3.27. The topological polar surface area (TPSA) is 45.3 Å². The minimum atomic E-state index is 0.144. The van der Waals surface area contributed by atoms with Crippen LogP contribution in [0.5, 0.6) is 0 Å². The first-order valence-corrected chi connectivity index (χ1v) is 8.28. The maximum Gasteiger partial charge on any atom is 0.249 e. The number of rotatable bonds is 4. The molecule has 2 heterocycles. The van der Waals surface area contributed by atoms with E-state index < -0.39 is 0 Å². The molecule has 0 bridgehead atoms. The number of carbonyl (C=O) groups is 1. The molecule has 21 heavy (non-hydrogen) atoms. The number of nitrogens with zero attached hydrogens (tertiary/aromatic N) is 1. The molecule has 0 radical (unpaired) electrons. The van der Waals surface area contributed by atoms with Crippen LogP contribution in [0.4, 0.5) is 0 Å². The van der Waals surface area contributed by atoms with E-state index in [9.17, 15) is 4.79 Å². The molecule has 1 aromatic rings. The second kappa shape index (κ2) is 6.65. The van der Waals surface area contributed by atoms with Gasteiger partial charge in [0.2, 0.25) is 5.91 Å². The highest BCUT2D eigenvalue weighted by molar-refractivity contribution is 5.78. The van der Waals surface area contributed by atoms with Gasteiger partial charge in [-0.3, -0.25) is 4.79 Å². The number of ether oxygens (including phenoxy) is 1. The fourth-order valence-corrected chi connectivity index (χ4v) is 3.74. The van der Waals surface area contributed by atoms with Crippen LogP contribution in [0.15, 0.2) is 18.3 Å². The molecule has 4 heteroatoms. The van der Waals surface area contributed by atoms with Crippen molar-refractivity contribution in [1.29, 1.82) is 0 Å². The summed E-state index contributed by atoms with van der Waals surface area (Å²) in [5.41, 5.74) is 1.15. The van der Waals surface area contributed by atoms with Crippen molar-refractivity contribution in [2.45, 2.75) is 57.6 Å². The van der Waals surface area contributed by atoms with E-state index in [0.29, 0.717) is 0 Å². The van der Waals surface area contributed by atoms with Gasteiger partial charge in [0.1, 0.15) is 6.61 Å². The molecule has 2 fully saturated rings. The third-order valence-electron chi connectivity index (χ3n) is 4.88. The molecule has 1 N–H and O–H groups in total. The van der Waals surface area contributed by atoms with E-state index in [0.717, 1.165) is 43.8 Å². The van der Waals surface area contributed by atoms with Crippen molar-refractivity contribution in [3.8, 4) is 0 Å². The van der Waals surface area contributed by atoms with Crippen LogP contribution in [-0.2, 0) is 9.53 Å². The van der Waals surface area contributed by atoms with Crippen molar-refractivity contribution in [3.63, 3.8) is 0 Å². The fraction of sp³-hybridized carbons (Fsp3) is 0.706. The summed E-state index contributed by atoms with van der Waals surface area (Å²) < 4.78 is 5.89. The third-order valence-corrected chi connectivity index (χ3v) is 4.88. The van der Waals surface area contributed by atoms with E-state index >= 15 is 0 Å². The summed E-state index contributed by atoms with van der Waals surface area (Å²) in [7, 11) is 0. The first-order valence-electron chi connectivity index (χ1n) is 8.28. The number of nitrogens with one attached hydrogen (secondary N) is 1. The van der Waals surface area contributed by atoms with Gasteiger partial charge in [-0.05, 0) is 43.7 Å². The van der Waals surface area contributed by atoms with E-state index in [1.165, 1.54) is 12.8 Å². The molecule has 0 aromatic carbocycles.